The number of aromatic amines is 1. The van der Waals surface area contributed by atoms with Crippen LogP contribution in [0.4, 0.5) is 13.2 Å². The molecule has 0 spiro atoms. The van der Waals surface area contributed by atoms with Crippen LogP contribution < -0.4 is 0 Å². The standard InChI is InChI=1S/C17H11ClF3NO2/c18-10-4-1-3-9(7-10)15-12(8-14(23)24)11-5-2-6-13(16(11)22-15)17(19,20)21/h1-7,22H,8H2,(H,23,24). The zero-order valence-corrected chi connectivity index (χ0v) is 12.9. The average molecular weight is 354 g/mol. The van der Waals surface area contributed by atoms with Gasteiger partial charge in [-0.3, -0.25) is 4.79 Å². The number of carboxylic acid groups (broad SMARTS) is 1. The van der Waals surface area contributed by atoms with Crippen molar-refractivity contribution in [2.75, 3.05) is 0 Å². The molecule has 0 saturated heterocycles. The Morgan fingerprint density at radius 3 is 2.50 bits per heavy atom. The quantitative estimate of drug-likeness (QED) is 0.685. The van der Waals surface area contributed by atoms with E-state index in [0.717, 1.165) is 6.07 Å². The molecule has 24 heavy (non-hydrogen) atoms. The molecule has 0 fully saturated rings. The molecule has 1 aromatic heterocycles. The van der Waals surface area contributed by atoms with E-state index in [4.69, 9.17) is 16.7 Å². The second kappa shape index (κ2) is 5.87. The third kappa shape index (κ3) is 2.97. The minimum Gasteiger partial charge on any atom is -0.481 e. The van der Waals surface area contributed by atoms with Gasteiger partial charge in [0.05, 0.1) is 23.2 Å². The van der Waals surface area contributed by atoms with Gasteiger partial charge in [0.1, 0.15) is 0 Å². The lowest BCUT2D eigenvalue weighted by molar-refractivity contribution is -0.137. The Bertz CT molecular complexity index is 931. The number of nitrogens with one attached hydrogen (secondary N) is 1. The van der Waals surface area contributed by atoms with Crippen molar-refractivity contribution in [3.63, 3.8) is 0 Å². The van der Waals surface area contributed by atoms with Crippen LogP contribution in [0.1, 0.15) is 11.1 Å². The number of carbonyl (C=O) groups is 1. The molecule has 0 radical (unpaired) electrons. The van der Waals surface area contributed by atoms with Crippen molar-refractivity contribution in [1.29, 1.82) is 0 Å². The molecule has 3 nitrogen and oxygen atoms in total. The number of hydrogen-bond acceptors (Lipinski definition) is 1. The van der Waals surface area contributed by atoms with Crippen LogP contribution in [0.15, 0.2) is 42.5 Å². The summed E-state index contributed by atoms with van der Waals surface area (Å²) in [5.74, 6) is -1.13. The molecule has 0 bridgehead atoms. The summed E-state index contributed by atoms with van der Waals surface area (Å²) in [6.07, 6.45) is -4.94. The van der Waals surface area contributed by atoms with Gasteiger partial charge in [-0.1, -0.05) is 35.9 Å². The number of halogens is 4. The van der Waals surface area contributed by atoms with Crippen LogP contribution in [0.5, 0.6) is 0 Å². The maximum atomic E-state index is 13.2. The molecule has 0 unspecified atom stereocenters. The van der Waals surface area contributed by atoms with Gasteiger partial charge >= 0.3 is 12.1 Å². The van der Waals surface area contributed by atoms with Crippen LogP contribution >= 0.6 is 11.6 Å². The second-order valence-electron chi connectivity index (χ2n) is 5.29. The summed E-state index contributed by atoms with van der Waals surface area (Å²) in [6, 6.07) is 10.2. The first-order valence-electron chi connectivity index (χ1n) is 6.96. The van der Waals surface area contributed by atoms with Crippen LogP contribution in [0.3, 0.4) is 0 Å². The number of H-pyrrole nitrogens is 1. The molecule has 1 heterocycles. The molecule has 2 N–H and O–H groups in total. The summed E-state index contributed by atoms with van der Waals surface area (Å²) in [4.78, 5) is 13.9. The van der Waals surface area contributed by atoms with Gasteiger partial charge in [-0.25, -0.2) is 0 Å². The Hall–Kier alpha value is -2.47. The number of rotatable bonds is 3. The molecule has 3 rings (SSSR count). The Balaban J connectivity index is 2.34. The number of aliphatic carboxylic acids is 1. The highest BCUT2D eigenvalue weighted by atomic mass is 35.5. The lowest BCUT2D eigenvalue weighted by atomic mass is 10.0. The van der Waals surface area contributed by atoms with E-state index in [1.54, 1.807) is 24.3 Å². The van der Waals surface area contributed by atoms with Gasteiger partial charge in [0.25, 0.3) is 0 Å². The maximum Gasteiger partial charge on any atom is 0.418 e. The highest BCUT2D eigenvalue weighted by molar-refractivity contribution is 6.30. The molecule has 0 amide bonds. The number of hydrogen-bond donors (Lipinski definition) is 2. The predicted molar refractivity (Wildman–Crippen MR) is 85.1 cm³/mol. The molecular weight excluding hydrogens is 343 g/mol. The summed E-state index contributed by atoms with van der Waals surface area (Å²) in [5.41, 5.74) is 0.191. The summed E-state index contributed by atoms with van der Waals surface area (Å²) in [7, 11) is 0. The predicted octanol–water partition coefficient (Wildman–Crippen LogP) is 5.13. The third-order valence-corrected chi connectivity index (χ3v) is 3.92. The Morgan fingerprint density at radius 2 is 1.88 bits per heavy atom. The van der Waals surface area contributed by atoms with E-state index in [9.17, 15) is 18.0 Å². The molecule has 124 valence electrons. The topological polar surface area (TPSA) is 53.1 Å². The normalized spacial score (nSPS) is 11.8. The van der Waals surface area contributed by atoms with E-state index >= 15 is 0 Å². The molecule has 0 saturated carbocycles. The van der Waals surface area contributed by atoms with Gasteiger partial charge in [-0.15, -0.1) is 0 Å². The second-order valence-corrected chi connectivity index (χ2v) is 5.72. The van der Waals surface area contributed by atoms with Crippen LogP contribution in [0.25, 0.3) is 22.2 Å². The van der Waals surface area contributed by atoms with Crippen LogP contribution in [0.2, 0.25) is 5.02 Å². The third-order valence-electron chi connectivity index (χ3n) is 3.69. The fraction of sp³-hybridized carbons (Fsp3) is 0.118. The first-order valence-corrected chi connectivity index (χ1v) is 7.33. The van der Waals surface area contributed by atoms with Crippen LogP contribution in [0, 0.1) is 0 Å². The smallest absolute Gasteiger partial charge is 0.418 e. The molecule has 3 aromatic rings. The van der Waals surface area contributed by atoms with Crippen molar-refractivity contribution in [3.05, 3.63) is 58.6 Å². The Kier molecular flexibility index (Phi) is 4.01. The number of carboxylic acids is 1. The number of benzene rings is 2. The van der Waals surface area contributed by atoms with Crippen LogP contribution in [-0.4, -0.2) is 16.1 Å². The fourth-order valence-corrected chi connectivity index (χ4v) is 2.93. The highest BCUT2D eigenvalue weighted by Gasteiger charge is 2.34. The van der Waals surface area contributed by atoms with E-state index in [-0.39, 0.29) is 10.9 Å². The van der Waals surface area contributed by atoms with Gasteiger partial charge in [0, 0.05) is 10.4 Å². The van der Waals surface area contributed by atoms with E-state index in [2.05, 4.69) is 4.98 Å². The highest BCUT2D eigenvalue weighted by Crippen LogP contribution is 2.39. The average Bonchev–Trinajstić information content (AvgIpc) is 2.84. The molecular formula is C17H11ClF3NO2. The maximum absolute atomic E-state index is 13.2. The lowest BCUT2D eigenvalue weighted by Crippen LogP contribution is -2.05. The van der Waals surface area contributed by atoms with Crippen molar-refractivity contribution in [1.82, 2.24) is 4.98 Å². The lowest BCUT2D eigenvalue weighted by Gasteiger charge is -2.07. The minimum atomic E-state index is -4.55. The molecule has 0 aliphatic carbocycles. The number of alkyl halides is 3. The van der Waals surface area contributed by atoms with Crippen molar-refractivity contribution >= 4 is 28.5 Å². The number of fused-ring (bicyclic) bond motifs is 1. The molecule has 0 atom stereocenters. The summed E-state index contributed by atoms with van der Waals surface area (Å²) < 4.78 is 39.7. The van der Waals surface area contributed by atoms with Gasteiger partial charge in [-0.2, -0.15) is 13.2 Å². The van der Waals surface area contributed by atoms with Gasteiger partial charge in [-0.05, 0) is 29.3 Å². The van der Waals surface area contributed by atoms with E-state index in [1.807, 2.05) is 0 Å². The zero-order valence-electron chi connectivity index (χ0n) is 12.1. The number of aromatic nitrogens is 1. The largest absolute Gasteiger partial charge is 0.481 e. The van der Waals surface area contributed by atoms with Crippen molar-refractivity contribution in [2.24, 2.45) is 0 Å². The van der Waals surface area contributed by atoms with Crippen molar-refractivity contribution in [3.8, 4) is 11.3 Å². The molecule has 2 aromatic carbocycles. The fourth-order valence-electron chi connectivity index (χ4n) is 2.74. The summed E-state index contributed by atoms with van der Waals surface area (Å²) in [5, 5.41) is 9.78. The number of para-hydroxylation sites is 1. The SMILES string of the molecule is O=C(O)Cc1c(-c2cccc(Cl)c2)[nH]c2c(C(F)(F)F)cccc12. The first-order chi connectivity index (χ1) is 11.3. The minimum absolute atomic E-state index is 0.128. The first kappa shape index (κ1) is 16.4. The van der Waals surface area contributed by atoms with Crippen molar-refractivity contribution in [2.45, 2.75) is 12.6 Å². The Morgan fingerprint density at radius 1 is 1.17 bits per heavy atom. The van der Waals surface area contributed by atoms with Gasteiger partial charge in [0.15, 0.2) is 0 Å². The summed E-state index contributed by atoms with van der Waals surface area (Å²) in [6.45, 7) is 0. The van der Waals surface area contributed by atoms with E-state index in [0.29, 0.717) is 21.8 Å². The van der Waals surface area contributed by atoms with Gasteiger partial charge < -0.3 is 10.1 Å². The van der Waals surface area contributed by atoms with Crippen molar-refractivity contribution < 1.29 is 23.1 Å². The summed E-state index contributed by atoms with van der Waals surface area (Å²) >= 11 is 5.95. The monoisotopic (exact) mass is 353 g/mol. The molecule has 0 aliphatic rings. The molecule has 7 heteroatoms. The zero-order chi connectivity index (χ0) is 17.5. The van der Waals surface area contributed by atoms with E-state index < -0.39 is 24.1 Å². The van der Waals surface area contributed by atoms with Crippen LogP contribution in [-0.2, 0) is 17.4 Å². The Labute approximate surface area is 139 Å². The van der Waals surface area contributed by atoms with E-state index in [1.165, 1.54) is 12.1 Å². The van der Waals surface area contributed by atoms with Gasteiger partial charge in [0.2, 0.25) is 0 Å². The molecule has 0 aliphatic heterocycles.